The zero-order valence-electron chi connectivity index (χ0n) is 19.7. The van der Waals surface area contributed by atoms with Crippen LogP contribution < -0.4 is 16.4 Å². The number of carboxylic acids is 1. The Hall–Kier alpha value is -3.81. The number of rotatable bonds is 10. The van der Waals surface area contributed by atoms with Crippen LogP contribution in [0.3, 0.4) is 0 Å². The minimum atomic E-state index is -1.42. The number of carbonyl (C=O) groups excluding carboxylic acids is 1. The molecule has 13 heteroatoms. The average Bonchev–Trinajstić information content (AvgIpc) is 3.40. The number of hydrogen-bond acceptors (Lipinski definition) is 10. The summed E-state index contributed by atoms with van der Waals surface area (Å²) in [5.41, 5.74) is 8.65. The summed E-state index contributed by atoms with van der Waals surface area (Å²) in [7, 11) is 0. The molecule has 192 valence electrons. The number of aliphatic hydroxyl groups is 2. The second-order valence-corrected chi connectivity index (χ2v) is 8.47. The van der Waals surface area contributed by atoms with E-state index in [4.69, 9.17) is 15.6 Å². The predicted molar refractivity (Wildman–Crippen MR) is 129 cm³/mol. The Kier molecular flexibility index (Phi) is 7.62. The molecule has 1 aliphatic heterocycles. The van der Waals surface area contributed by atoms with Crippen LogP contribution in [0.15, 0.2) is 30.6 Å². The molecule has 1 aromatic carbocycles. The number of amides is 1. The summed E-state index contributed by atoms with van der Waals surface area (Å²) in [5.74, 6) is -0.985. The van der Waals surface area contributed by atoms with E-state index < -0.39 is 36.4 Å². The highest BCUT2D eigenvalue weighted by atomic mass is 16.6. The quantitative estimate of drug-likeness (QED) is 0.217. The number of aromatic nitrogens is 4. The monoisotopic (exact) mass is 499 g/mol. The summed E-state index contributed by atoms with van der Waals surface area (Å²) < 4.78 is 7.09. The summed E-state index contributed by atoms with van der Waals surface area (Å²) in [6, 6.07) is 7.71. The Balaban J connectivity index is 1.45. The van der Waals surface area contributed by atoms with Gasteiger partial charge < -0.3 is 36.4 Å². The molecule has 1 aliphatic rings. The van der Waals surface area contributed by atoms with Crippen LogP contribution in [0.25, 0.3) is 11.2 Å². The lowest BCUT2D eigenvalue weighted by Gasteiger charge is -2.16. The van der Waals surface area contributed by atoms with Gasteiger partial charge in [-0.3, -0.25) is 14.2 Å². The van der Waals surface area contributed by atoms with Crippen molar-refractivity contribution in [2.45, 2.75) is 50.7 Å². The van der Waals surface area contributed by atoms with Gasteiger partial charge in [0.25, 0.3) is 5.91 Å². The number of aliphatic carboxylic acids is 1. The number of nitrogens with zero attached hydrogens (tertiary/aromatic N) is 4. The number of nitrogens with one attached hydrogen (secondary N) is 2. The van der Waals surface area contributed by atoms with Crippen LogP contribution >= 0.6 is 0 Å². The van der Waals surface area contributed by atoms with E-state index in [-0.39, 0.29) is 23.8 Å². The highest BCUT2D eigenvalue weighted by molar-refractivity contribution is 5.83. The highest BCUT2D eigenvalue weighted by Gasteiger charge is 2.47. The Bertz CT molecular complexity index is 1230. The van der Waals surface area contributed by atoms with E-state index in [0.717, 1.165) is 11.1 Å². The standard InChI is InChI=1S/C23H29N7O6/c1-2-25-21(35)18-16(33)17(34)22(36-18)30-11-27-15-19(24)28-23(29-20(15)30)26-10-9-13-5-3-12(4-6-13)7-8-14(31)32/h3-6,11,16-18,22,33-34H,2,7-10H2,1H3,(H,25,35)(H,31,32)(H3,24,26,28,29)/t16-,17+,18?,22?/m1/s1. The number of aryl methyl sites for hydroxylation is 1. The lowest BCUT2D eigenvalue weighted by atomic mass is 10.1. The molecule has 0 aliphatic carbocycles. The van der Waals surface area contributed by atoms with E-state index in [1.165, 1.54) is 10.9 Å². The van der Waals surface area contributed by atoms with Gasteiger partial charge in [0.05, 0.1) is 6.33 Å². The molecule has 13 nitrogen and oxygen atoms in total. The smallest absolute Gasteiger partial charge is 0.303 e. The van der Waals surface area contributed by atoms with Gasteiger partial charge in [-0.05, 0) is 30.9 Å². The van der Waals surface area contributed by atoms with Crippen molar-refractivity contribution in [2.75, 3.05) is 24.1 Å². The third-order valence-electron chi connectivity index (χ3n) is 5.92. The van der Waals surface area contributed by atoms with Gasteiger partial charge in [-0.15, -0.1) is 0 Å². The Morgan fingerprint density at radius 1 is 1.11 bits per heavy atom. The number of carboxylic acid groups (broad SMARTS) is 1. The van der Waals surface area contributed by atoms with Gasteiger partial charge in [-0.1, -0.05) is 24.3 Å². The number of nitrogen functional groups attached to an aromatic ring is 1. The Labute approximate surface area is 206 Å². The van der Waals surface area contributed by atoms with Crippen molar-refractivity contribution in [3.05, 3.63) is 41.7 Å². The van der Waals surface area contributed by atoms with Crippen molar-refractivity contribution < 1.29 is 29.6 Å². The molecule has 0 radical (unpaired) electrons. The minimum Gasteiger partial charge on any atom is -0.481 e. The molecule has 1 fully saturated rings. The first-order valence-electron chi connectivity index (χ1n) is 11.6. The number of anilines is 2. The van der Waals surface area contributed by atoms with E-state index in [9.17, 15) is 19.8 Å². The third-order valence-corrected chi connectivity index (χ3v) is 5.92. The van der Waals surface area contributed by atoms with Gasteiger partial charge in [-0.25, -0.2) is 4.98 Å². The fourth-order valence-electron chi connectivity index (χ4n) is 4.03. The van der Waals surface area contributed by atoms with Crippen LogP contribution in [0, 0.1) is 0 Å². The van der Waals surface area contributed by atoms with Crippen molar-refractivity contribution in [1.29, 1.82) is 0 Å². The summed E-state index contributed by atoms with van der Waals surface area (Å²) in [5, 5.41) is 35.4. The van der Waals surface area contributed by atoms with Crippen LogP contribution in [0.4, 0.5) is 11.8 Å². The number of benzene rings is 1. The maximum Gasteiger partial charge on any atom is 0.303 e. The normalized spacial score (nSPS) is 21.5. The van der Waals surface area contributed by atoms with Gasteiger partial charge in [0.2, 0.25) is 5.95 Å². The van der Waals surface area contributed by atoms with Crippen molar-refractivity contribution in [2.24, 2.45) is 0 Å². The number of nitrogens with two attached hydrogens (primary N) is 1. The third kappa shape index (κ3) is 5.37. The SMILES string of the molecule is CCNC(=O)C1OC(n2cnc3c(N)nc(NCCc4ccc(CCC(=O)O)cc4)nc32)[C@@H](O)[C@H]1O. The van der Waals surface area contributed by atoms with E-state index in [0.29, 0.717) is 31.4 Å². The van der Waals surface area contributed by atoms with Crippen molar-refractivity contribution in [3.8, 4) is 0 Å². The topological polar surface area (TPSA) is 198 Å². The molecule has 3 heterocycles. The largest absolute Gasteiger partial charge is 0.481 e. The second-order valence-electron chi connectivity index (χ2n) is 8.47. The predicted octanol–water partition coefficient (Wildman–Crippen LogP) is -0.164. The molecule has 4 atom stereocenters. The zero-order valence-corrected chi connectivity index (χ0v) is 19.7. The molecular weight excluding hydrogens is 470 g/mol. The molecular formula is C23H29N7O6. The number of carbonyl (C=O) groups is 2. The lowest BCUT2D eigenvalue weighted by Crippen LogP contribution is -2.42. The number of fused-ring (bicyclic) bond motifs is 1. The van der Waals surface area contributed by atoms with Crippen molar-refractivity contribution in [1.82, 2.24) is 24.8 Å². The molecule has 0 bridgehead atoms. The number of hydrogen-bond donors (Lipinski definition) is 6. The fraction of sp³-hybridized carbons (Fsp3) is 0.435. The molecule has 7 N–H and O–H groups in total. The fourth-order valence-corrected chi connectivity index (χ4v) is 4.03. The molecule has 0 spiro atoms. The summed E-state index contributed by atoms with van der Waals surface area (Å²) >= 11 is 0. The van der Waals surface area contributed by atoms with Gasteiger partial charge >= 0.3 is 5.97 Å². The van der Waals surface area contributed by atoms with E-state index in [1.807, 2.05) is 24.3 Å². The number of aliphatic hydroxyl groups excluding tert-OH is 2. The van der Waals surface area contributed by atoms with E-state index >= 15 is 0 Å². The van der Waals surface area contributed by atoms with Gasteiger partial charge in [0.15, 0.2) is 23.8 Å². The van der Waals surface area contributed by atoms with E-state index in [2.05, 4.69) is 25.6 Å². The molecule has 2 aromatic heterocycles. The van der Waals surface area contributed by atoms with Crippen LogP contribution in [0.1, 0.15) is 30.7 Å². The van der Waals surface area contributed by atoms with Crippen molar-refractivity contribution >= 4 is 34.8 Å². The molecule has 1 amide bonds. The molecule has 2 unspecified atom stereocenters. The molecule has 0 saturated carbocycles. The number of likely N-dealkylation sites (N-methyl/N-ethyl adjacent to an activating group) is 1. The minimum absolute atomic E-state index is 0.0905. The first-order chi connectivity index (χ1) is 17.3. The number of ether oxygens (including phenoxy) is 1. The van der Waals surface area contributed by atoms with Crippen LogP contribution in [-0.2, 0) is 27.2 Å². The first kappa shape index (κ1) is 25.3. The van der Waals surface area contributed by atoms with Gasteiger partial charge in [0.1, 0.15) is 17.7 Å². The summed E-state index contributed by atoms with van der Waals surface area (Å²) in [4.78, 5) is 35.8. The maximum absolute atomic E-state index is 12.2. The average molecular weight is 500 g/mol. The maximum atomic E-state index is 12.2. The van der Waals surface area contributed by atoms with Crippen molar-refractivity contribution in [3.63, 3.8) is 0 Å². The molecule has 3 aromatic rings. The Morgan fingerprint density at radius 2 is 1.81 bits per heavy atom. The molecule has 1 saturated heterocycles. The highest BCUT2D eigenvalue weighted by Crippen LogP contribution is 2.32. The molecule has 36 heavy (non-hydrogen) atoms. The van der Waals surface area contributed by atoms with Gasteiger partial charge in [0, 0.05) is 19.5 Å². The number of imidazole rings is 1. The zero-order chi connectivity index (χ0) is 25.8. The van der Waals surface area contributed by atoms with Crippen LogP contribution in [0.2, 0.25) is 0 Å². The van der Waals surface area contributed by atoms with E-state index in [1.54, 1.807) is 6.92 Å². The van der Waals surface area contributed by atoms with Gasteiger partial charge in [-0.2, -0.15) is 9.97 Å². The summed E-state index contributed by atoms with van der Waals surface area (Å²) in [6.45, 7) is 2.59. The first-order valence-corrected chi connectivity index (χ1v) is 11.6. The van der Waals surface area contributed by atoms with Crippen LogP contribution in [-0.4, -0.2) is 78.1 Å². The molecule has 4 rings (SSSR count). The van der Waals surface area contributed by atoms with Crippen LogP contribution in [0.5, 0.6) is 0 Å². The second kappa shape index (κ2) is 10.8. The lowest BCUT2D eigenvalue weighted by molar-refractivity contribution is -0.138. The summed E-state index contributed by atoms with van der Waals surface area (Å²) in [6.07, 6.45) is -2.56. The Morgan fingerprint density at radius 3 is 2.47 bits per heavy atom.